The molecule has 1 atom stereocenters. The molecule has 1 unspecified atom stereocenters. The van der Waals surface area contributed by atoms with Crippen molar-refractivity contribution in [3.05, 3.63) is 33.8 Å². The first-order valence-electron chi connectivity index (χ1n) is 7.18. The van der Waals surface area contributed by atoms with Crippen LogP contribution in [0, 0.1) is 6.92 Å². The number of nitrogens with zero attached hydrogens (tertiary/aromatic N) is 4. The fraction of sp³-hybridized carbons (Fsp3) is 0.500. The SMILES string of the molecule is CCC(C(=O)NCCCn1cc(Br)c(C)n1)n1cc(Cl)cn1. The van der Waals surface area contributed by atoms with Gasteiger partial charge in [-0.05, 0) is 35.7 Å². The van der Waals surface area contributed by atoms with E-state index in [0.717, 1.165) is 23.1 Å². The van der Waals surface area contributed by atoms with Gasteiger partial charge in [0.05, 0.1) is 21.4 Å². The summed E-state index contributed by atoms with van der Waals surface area (Å²) in [6.45, 7) is 5.26. The number of carbonyl (C=O) groups excluding carboxylic acids is 1. The highest BCUT2D eigenvalue weighted by Crippen LogP contribution is 2.15. The lowest BCUT2D eigenvalue weighted by Crippen LogP contribution is -2.33. The average molecular weight is 389 g/mol. The summed E-state index contributed by atoms with van der Waals surface area (Å²) in [5.74, 6) is -0.0416. The van der Waals surface area contributed by atoms with Crippen molar-refractivity contribution in [2.45, 2.75) is 39.3 Å². The fourth-order valence-corrected chi connectivity index (χ4v) is 2.62. The highest BCUT2D eigenvalue weighted by atomic mass is 79.9. The van der Waals surface area contributed by atoms with Gasteiger partial charge in [0.15, 0.2) is 0 Å². The van der Waals surface area contributed by atoms with Gasteiger partial charge in [-0.2, -0.15) is 10.2 Å². The predicted molar refractivity (Wildman–Crippen MR) is 88.9 cm³/mol. The van der Waals surface area contributed by atoms with E-state index < -0.39 is 0 Å². The summed E-state index contributed by atoms with van der Waals surface area (Å²) in [6, 6.07) is -0.325. The van der Waals surface area contributed by atoms with Crippen molar-refractivity contribution in [2.24, 2.45) is 0 Å². The highest BCUT2D eigenvalue weighted by molar-refractivity contribution is 9.10. The Bertz CT molecular complexity index is 619. The Morgan fingerprint density at radius 3 is 2.82 bits per heavy atom. The van der Waals surface area contributed by atoms with E-state index in [-0.39, 0.29) is 11.9 Å². The normalized spacial score (nSPS) is 12.4. The third-order valence-electron chi connectivity index (χ3n) is 3.33. The van der Waals surface area contributed by atoms with Gasteiger partial charge < -0.3 is 5.32 Å². The summed E-state index contributed by atoms with van der Waals surface area (Å²) in [5.41, 5.74) is 0.964. The lowest BCUT2D eigenvalue weighted by molar-refractivity contribution is -0.124. The Morgan fingerprint density at radius 1 is 1.50 bits per heavy atom. The molecule has 0 aliphatic rings. The maximum Gasteiger partial charge on any atom is 0.244 e. The molecule has 2 heterocycles. The van der Waals surface area contributed by atoms with Gasteiger partial charge in [0.2, 0.25) is 5.91 Å². The maximum atomic E-state index is 12.2. The molecule has 0 fully saturated rings. The van der Waals surface area contributed by atoms with Gasteiger partial charge in [-0.15, -0.1) is 0 Å². The number of nitrogens with one attached hydrogen (secondary N) is 1. The maximum absolute atomic E-state index is 12.2. The van der Waals surface area contributed by atoms with E-state index in [9.17, 15) is 4.79 Å². The van der Waals surface area contributed by atoms with Gasteiger partial charge in [0, 0.05) is 25.5 Å². The van der Waals surface area contributed by atoms with E-state index in [0.29, 0.717) is 18.0 Å². The number of aryl methyl sites for hydroxylation is 2. The van der Waals surface area contributed by atoms with Gasteiger partial charge in [-0.25, -0.2) is 0 Å². The summed E-state index contributed by atoms with van der Waals surface area (Å²) < 4.78 is 4.47. The third kappa shape index (κ3) is 4.33. The Kier molecular flexibility index (Phi) is 6.02. The molecule has 120 valence electrons. The van der Waals surface area contributed by atoms with Crippen LogP contribution in [0.1, 0.15) is 31.5 Å². The van der Waals surface area contributed by atoms with Crippen molar-refractivity contribution in [1.82, 2.24) is 24.9 Å². The van der Waals surface area contributed by atoms with Crippen molar-refractivity contribution in [2.75, 3.05) is 6.54 Å². The number of rotatable bonds is 7. The van der Waals surface area contributed by atoms with Gasteiger partial charge in [0.1, 0.15) is 6.04 Å². The highest BCUT2D eigenvalue weighted by Gasteiger charge is 2.18. The van der Waals surface area contributed by atoms with Crippen LogP contribution in [0.15, 0.2) is 23.1 Å². The molecule has 0 radical (unpaired) electrons. The van der Waals surface area contributed by atoms with Crippen molar-refractivity contribution < 1.29 is 4.79 Å². The monoisotopic (exact) mass is 387 g/mol. The number of hydrogen-bond donors (Lipinski definition) is 1. The standard InChI is InChI=1S/C14H19BrClN5O/c1-3-13(21-8-11(16)7-18-21)14(22)17-5-4-6-20-9-12(15)10(2)19-20/h7-9,13H,3-6H2,1-2H3,(H,17,22). The van der Waals surface area contributed by atoms with Crippen LogP contribution in [0.5, 0.6) is 0 Å². The zero-order chi connectivity index (χ0) is 16.1. The molecule has 0 bridgehead atoms. The molecule has 22 heavy (non-hydrogen) atoms. The van der Waals surface area contributed by atoms with Crippen LogP contribution in [0.4, 0.5) is 0 Å². The molecule has 1 amide bonds. The topological polar surface area (TPSA) is 64.7 Å². The molecule has 2 rings (SSSR count). The van der Waals surface area contributed by atoms with Crippen molar-refractivity contribution in [1.29, 1.82) is 0 Å². The minimum absolute atomic E-state index is 0.0416. The predicted octanol–water partition coefficient (Wildman–Crippen LogP) is 2.96. The molecule has 1 N–H and O–H groups in total. The zero-order valence-electron chi connectivity index (χ0n) is 12.6. The van der Waals surface area contributed by atoms with Crippen LogP contribution in [0.25, 0.3) is 0 Å². The van der Waals surface area contributed by atoms with E-state index >= 15 is 0 Å². The van der Waals surface area contributed by atoms with Crippen LogP contribution in [-0.4, -0.2) is 32.0 Å². The Morgan fingerprint density at radius 2 is 2.27 bits per heavy atom. The largest absolute Gasteiger partial charge is 0.354 e. The Hall–Kier alpha value is -1.34. The number of hydrogen-bond acceptors (Lipinski definition) is 3. The summed E-state index contributed by atoms with van der Waals surface area (Å²) in [6.07, 6.45) is 6.62. The van der Waals surface area contributed by atoms with E-state index in [4.69, 9.17) is 11.6 Å². The lowest BCUT2D eigenvalue weighted by atomic mass is 10.2. The van der Waals surface area contributed by atoms with Gasteiger partial charge in [0.25, 0.3) is 0 Å². The number of halogens is 2. The molecule has 0 saturated carbocycles. The van der Waals surface area contributed by atoms with Crippen molar-refractivity contribution >= 4 is 33.4 Å². The van der Waals surface area contributed by atoms with Crippen LogP contribution in [-0.2, 0) is 11.3 Å². The molecule has 0 spiro atoms. The second-order valence-corrected chi connectivity index (χ2v) is 6.32. The van der Waals surface area contributed by atoms with Crippen LogP contribution < -0.4 is 5.32 Å². The smallest absolute Gasteiger partial charge is 0.244 e. The molecule has 2 aromatic rings. The van der Waals surface area contributed by atoms with Gasteiger partial charge in [-0.3, -0.25) is 14.2 Å². The van der Waals surface area contributed by atoms with Gasteiger partial charge in [-0.1, -0.05) is 18.5 Å². The van der Waals surface area contributed by atoms with E-state index in [1.165, 1.54) is 6.20 Å². The Balaban J connectivity index is 1.79. The molecule has 0 saturated heterocycles. The summed E-state index contributed by atoms with van der Waals surface area (Å²) in [5, 5.41) is 11.9. The van der Waals surface area contributed by atoms with Crippen molar-refractivity contribution in [3.8, 4) is 0 Å². The number of carbonyl (C=O) groups is 1. The Labute approximate surface area is 143 Å². The number of amides is 1. The van der Waals surface area contributed by atoms with Gasteiger partial charge >= 0.3 is 0 Å². The van der Waals surface area contributed by atoms with Crippen LogP contribution >= 0.6 is 27.5 Å². The first kappa shape index (κ1) is 17.0. The minimum Gasteiger partial charge on any atom is -0.354 e. The zero-order valence-corrected chi connectivity index (χ0v) is 14.9. The second kappa shape index (κ2) is 7.78. The van der Waals surface area contributed by atoms with Crippen LogP contribution in [0.3, 0.4) is 0 Å². The molecular weight excluding hydrogens is 370 g/mol. The van der Waals surface area contributed by atoms with E-state index in [2.05, 4.69) is 31.4 Å². The molecule has 0 aliphatic heterocycles. The molecular formula is C14H19BrClN5O. The third-order valence-corrected chi connectivity index (χ3v) is 4.30. The molecule has 0 aliphatic carbocycles. The minimum atomic E-state index is -0.325. The molecule has 2 aromatic heterocycles. The van der Waals surface area contributed by atoms with E-state index in [1.807, 2.05) is 24.7 Å². The first-order chi connectivity index (χ1) is 10.5. The molecule has 6 nitrogen and oxygen atoms in total. The number of aromatic nitrogens is 4. The van der Waals surface area contributed by atoms with Crippen molar-refractivity contribution in [3.63, 3.8) is 0 Å². The fourth-order valence-electron chi connectivity index (χ4n) is 2.16. The van der Waals surface area contributed by atoms with E-state index in [1.54, 1.807) is 10.9 Å². The first-order valence-corrected chi connectivity index (χ1v) is 8.35. The molecule has 8 heteroatoms. The van der Waals surface area contributed by atoms with Crippen LogP contribution in [0.2, 0.25) is 5.02 Å². The quantitative estimate of drug-likeness (QED) is 0.742. The molecule has 0 aromatic carbocycles. The average Bonchev–Trinajstić information content (AvgIpc) is 3.03. The lowest BCUT2D eigenvalue weighted by Gasteiger charge is -2.15. The summed E-state index contributed by atoms with van der Waals surface area (Å²) >= 11 is 9.28. The summed E-state index contributed by atoms with van der Waals surface area (Å²) in [4.78, 5) is 12.2. The summed E-state index contributed by atoms with van der Waals surface area (Å²) in [7, 11) is 0. The second-order valence-electron chi connectivity index (χ2n) is 5.03.